The maximum absolute atomic E-state index is 12.7. The molecule has 1 aliphatic rings. The Morgan fingerprint density at radius 2 is 1.91 bits per heavy atom. The smallest absolute Gasteiger partial charge is 0.271 e. The van der Waals surface area contributed by atoms with E-state index in [1.54, 1.807) is 9.30 Å². The number of hydrogen-bond donors (Lipinski definition) is 0. The van der Waals surface area contributed by atoms with Crippen LogP contribution in [0.5, 0.6) is 0 Å². The van der Waals surface area contributed by atoms with Gasteiger partial charge in [-0.2, -0.15) is 0 Å². The van der Waals surface area contributed by atoms with Crippen molar-refractivity contribution in [2.45, 2.75) is 34.1 Å². The fourth-order valence-corrected chi connectivity index (χ4v) is 4.25. The number of aromatic nitrogens is 2. The molecular weight excluding hydrogens is 298 g/mol. The van der Waals surface area contributed by atoms with E-state index in [0.717, 1.165) is 17.0 Å². The molecule has 1 aliphatic heterocycles. The van der Waals surface area contributed by atoms with Crippen molar-refractivity contribution in [1.29, 1.82) is 0 Å². The van der Waals surface area contributed by atoms with Gasteiger partial charge in [0.15, 0.2) is 4.96 Å². The van der Waals surface area contributed by atoms with Gasteiger partial charge in [-0.05, 0) is 32.1 Å². The summed E-state index contributed by atoms with van der Waals surface area (Å²) in [5.74, 6) is 0.753. The van der Waals surface area contributed by atoms with E-state index in [-0.39, 0.29) is 17.0 Å². The van der Waals surface area contributed by atoms with Crippen molar-refractivity contribution in [2.75, 3.05) is 13.1 Å². The van der Waals surface area contributed by atoms with Gasteiger partial charge in [0.2, 0.25) is 0 Å². The molecule has 6 heteroatoms. The van der Waals surface area contributed by atoms with Gasteiger partial charge < -0.3 is 4.90 Å². The van der Waals surface area contributed by atoms with Crippen molar-refractivity contribution >= 4 is 22.2 Å². The fourth-order valence-electron chi connectivity index (χ4n) is 3.32. The number of carbonyl (C=O) groups excluding carboxylic acids is 1. The minimum absolute atomic E-state index is 0.180. The molecule has 0 radical (unpaired) electrons. The second-order valence-corrected chi connectivity index (χ2v) is 7.68. The first-order valence-electron chi connectivity index (χ1n) is 7.65. The van der Waals surface area contributed by atoms with Crippen molar-refractivity contribution in [1.82, 2.24) is 14.3 Å². The highest BCUT2D eigenvalue weighted by atomic mass is 32.1. The molecule has 0 bridgehead atoms. The predicted molar refractivity (Wildman–Crippen MR) is 87.7 cm³/mol. The van der Waals surface area contributed by atoms with Crippen molar-refractivity contribution in [2.24, 2.45) is 11.8 Å². The van der Waals surface area contributed by atoms with Crippen LogP contribution in [0.3, 0.4) is 0 Å². The average molecular weight is 319 g/mol. The molecule has 1 saturated heterocycles. The molecule has 1 fully saturated rings. The van der Waals surface area contributed by atoms with Crippen LogP contribution in [0.25, 0.3) is 4.96 Å². The van der Waals surface area contributed by atoms with Gasteiger partial charge in [0.1, 0.15) is 5.56 Å². The zero-order valence-electron chi connectivity index (χ0n) is 13.4. The Labute approximate surface area is 133 Å². The first kappa shape index (κ1) is 15.2. The molecule has 0 saturated carbocycles. The molecule has 0 spiro atoms. The second-order valence-electron chi connectivity index (χ2n) is 6.49. The summed E-state index contributed by atoms with van der Waals surface area (Å²) in [7, 11) is 0. The Balaban J connectivity index is 2.03. The summed E-state index contributed by atoms with van der Waals surface area (Å²) in [6.45, 7) is 9.58. The average Bonchev–Trinajstić information content (AvgIpc) is 2.73. The number of nitrogens with zero attached hydrogens (tertiary/aromatic N) is 3. The molecule has 2 unspecified atom stereocenters. The summed E-state index contributed by atoms with van der Waals surface area (Å²) in [5, 5.41) is 0. The molecular formula is C16H21N3O2S. The highest BCUT2D eigenvalue weighted by Crippen LogP contribution is 2.23. The molecule has 3 rings (SSSR count). The van der Waals surface area contributed by atoms with Gasteiger partial charge >= 0.3 is 0 Å². The molecule has 1 amide bonds. The quantitative estimate of drug-likeness (QED) is 0.811. The van der Waals surface area contributed by atoms with Crippen LogP contribution in [-0.4, -0.2) is 33.3 Å². The lowest BCUT2D eigenvalue weighted by molar-refractivity contribution is 0.0620. The van der Waals surface area contributed by atoms with E-state index in [0.29, 0.717) is 29.9 Å². The van der Waals surface area contributed by atoms with Crippen molar-refractivity contribution < 1.29 is 4.79 Å². The molecule has 5 nitrogen and oxygen atoms in total. The third kappa shape index (κ3) is 2.45. The van der Waals surface area contributed by atoms with E-state index in [1.807, 2.05) is 13.8 Å². The number of amides is 1. The van der Waals surface area contributed by atoms with Crippen LogP contribution >= 0.6 is 11.3 Å². The van der Waals surface area contributed by atoms with E-state index in [2.05, 4.69) is 18.8 Å². The Morgan fingerprint density at radius 1 is 1.27 bits per heavy atom. The number of hydrogen-bond acceptors (Lipinski definition) is 4. The molecule has 2 atom stereocenters. The topological polar surface area (TPSA) is 54.7 Å². The van der Waals surface area contributed by atoms with Gasteiger partial charge in [-0.15, -0.1) is 11.3 Å². The minimum atomic E-state index is -0.247. The van der Waals surface area contributed by atoms with Crippen LogP contribution in [0.2, 0.25) is 0 Å². The SMILES string of the molecule is Cc1sc2ncc(C(=O)N3CC(C)CC(C)C3)c(=O)n2c1C. The molecule has 0 aromatic carbocycles. The molecule has 118 valence electrons. The Hall–Kier alpha value is -1.69. The third-order valence-corrected chi connectivity index (χ3v) is 5.48. The number of aryl methyl sites for hydroxylation is 2. The van der Waals surface area contributed by atoms with Gasteiger partial charge in [-0.1, -0.05) is 13.8 Å². The largest absolute Gasteiger partial charge is 0.338 e. The van der Waals surface area contributed by atoms with E-state index in [1.165, 1.54) is 17.5 Å². The van der Waals surface area contributed by atoms with Crippen molar-refractivity contribution in [3.8, 4) is 0 Å². The minimum Gasteiger partial charge on any atom is -0.338 e. The lowest BCUT2D eigenvalue weighted by atomic mass is 9.91. The summed E-state index contributed by atoms with van der Waals surface area (Å²) < 4.78 is 1.56. The van der Waals surface area contributed by atoms with Crippen LogP contribution in [0.1, 0.15) is 41.2 Å². The second kappa shape index (κ2) is 5.50. The summed E-state index contributed by atoms with van der Waals surface area (Å²) in [6, 6.07) is 0. The first-order valence-corrected chi connectivity index (χ1v) is 8.47. The van der Waals surface area contributed by atoms with E-state index in [4.69, 9.17) is 0 Å². The summed E-state index contributed by atoms with van der Waals surface area (Å²) >= 11 is 1.48. The van der Waals surface area contributed by atoms with Gasteiger partial charge in [0.25, 0.3) is 11.5 Å². The van der Waals surface area contributed by atoms with Gasteiger partial charge in [0.05, 0.1) is 0 Å². The van der Waals surface area contributed by atoms with Gasteiger partial charge in [-0.25, -0.2) is 4.98 Å². The van der Waals surface area contributed by atoms with Crippen molar-refractivity contribution in [3.05, 3.63) is 32.7 Å². The summed E-state index contributed by atoms with van der Waals surface area (Å²) in [4.78, 5) is 33.3. The van der Waals surface area contributed by atoms with E-state index < -0.39 is 0 Å². The number of carbonyl (C=O) groups is 1. The molecule has 3 heterocycles. The third-order valence-electron chi connectivity index (χ3n) is 4.40. The molecule has 0 aliphatic carbocycles. The normalized spacial score (nSPS) is 22.3. The predicted octanol–water partition coefficient (Wildman–Crippen LogP) is 2.49. The zero-order chi connectivity index (χ0) is 16.0. The maximum Gasteiger partial charge on any atom is 0.271 e. The Kier molecular flexibility index (Phi) is 3.80. The standard InChI is InChI=1S/C16H21N3O2S/c1-9-5-10(2)8-18(7-9)14(20)13-6-17-16-19(15(13)21)11(3)12(4)22-16/h6,9-10H,5,7-8H2,1-4H3. The number of rotatable bonds is 1. The molecule has 2 aromatic heterocycles. The number of thiazole rings is 1. The Morgan fingerprint density at radius 3 is 2.55 bits per heavy atom. The number of fused-ring (bicyclic) bond motifs is 1. The highest BCUT2D eigenvalue weighted by Gasteiger charge is 2.28. The molecule has 0 N–H and O–H groups in total. The fraction of sp³-hybridized carbons (Fsp3) is 0.562. The summed E-state index contributed by atoms with van der Waals surface area (Å²) in [6.07, 6.45) is 2.57. The first-order chi connectivity index (χ1) is 10.4. The molecule has 2 aromatic rings. The number of likely N-dealkylation sites (tertiary alicyclic amines) is 1. The van der Waals surface area contributed by atoms with Gasteiger partial charge in [-0.3, -0.25) is 14.0 Å². The lowest BCUT2D eigenvalue weighted by Crippen LogP contribution is -2.44. The zero-order valence-corrected chi connectivity index (χ0v) is 14.2. The van der Waals surface area contributed by atoms with Crippen LogP contribution in [0.15, 0.2) is 11.0 Å². The monoisotopic (exact) mass is 319 g/mol. The highest BCUT2D eigenvalue weighted by molar-refractivity contribution is 7.17. The van der Waals surface area contributed by atoms with Crippen LogP contribution < -0.4 is 5.56 Å². The Bertz CT molecular complexity index is 783. The van der Waals surface area contributed by atoms with Crippen LogP contribution in [0.4, 0.5) is 0 Å². The van der Waals surface area contributed by atoms with E-state index in [9.17, 15) is 9.59 Å². The van der Waals surface area contributed by atoms with Crippen LogP contribution in [0, 0.1) is 25.7 Å². The number of piperidine rings is 1. The van der Waals surface area contributed by atoms with Gasteiger partial charge in [0, 0.05) is 29.9 Å². The lowest BCUT2D eigenvalue weighted by Gasteiger charge is -2.34. The van der Waals surface area contributed by atoms with Crippen LogP contribution in [-0.2, 0) is 0 Å². The maximum atomic E-state index is 12.7. The van der Waals surface area contributed by atoms with Crippen molar-refractivity contribution in [3.63, 3.8) is 0 Å². The molecule has 22 heavy (non-hydrogen) atoms. The summed E-state index contributed by atoms with van der Waals surface area (Å²) in [5.41, 5.74) is 0.801. The van der Waals surface area contributed by atoms with E-state index >= 15 is 0 Å².